The molecule has 0 unspecified atom stereocenters. The monoisotopic (exact) mass is 516 g/mol. The number of aromatic nitrogens is 4. The first kappa shape index (κ1) is 25.3. The van der Waals surface area contributed by atoms with Crippen LogP contribution in [0.4, 0.5) is 4.79 Å². The van der Waals surface area contributed by atoms with Gasteiger partial charge >= 0.3 is 11.8 Å². The highest BCUT2D eigenvalue weighted by atomic mass is 16.4. The number of carbonyl (C=O) groups excluding carboxylic acids is 1. The SMILES string of the molecule is CCn1c(=O)n(CC)c2cc(-c3cn(CC(=O)N4CCN(C(=O)O)CC4)nc3-c3cccc(C)c3)ccc21. The lowest BCUT2D eigenvalue weighted by atomic mass is 10.0. The highest BCUT2D eigenvalue weighted by Crippen LogP contribution is 2.33. The Morgan fingerprint density at radius 1 is 0.895 bits per heavy atom. The fraction of sp³-hybridized carbons (Fsp3) is 0.357. The van der Waals surface area contributed by atoms with E-state index in [9.17, 15) is 19.5 Å². The van der Waals surface area contributed by atoms with Crippen molar-refractivity contribution >= 4 is 23.0 Å². The molecule has 198 valence electrons. The molecule has 0 radical (unpaired) electrons. The second-order valence-corrected chi connectivity index (χ2v) is 9.58. The summed E-state index contributed by atoms with van der Waals surface area (Å²) in [6.07, 6.45) is 0.923. The molecule has 1 aliphatic rings. The van der Waals surface area contributed by atoms with E-state index in [1.807, 2.05) is 63.4 Å². The molecule has 2 aromatic carbocycles. The van der Waals surface area contributed by atoms with Crippen molar-refractivity contribution in [1.82, 2.24) is 28.7 Å². The van der Waals surface area contributed by atoms with Gasteiger partial charge in [0.2, 0.25) is 5.91 Å². The Kier molecular flexibility index (Phi) is 6.79. The predicted octanol–water partition coefficient (Wildman–Crippen LogP) is 3.50. The standard InChI is InChI=1S/C28H32N6O4/c1-4-33-23-10-9-20(16-24(23)34(5-2)27(33)36)22-17-32(29-26(22)21-8-6-7-19(3)15-21)18-25(35)30-11-13-31(14-12-30)28(37)38/h6-10,15-17H,4-5,11-14,18H2,1-3H3,(H,37,38). The first-order valence-electron chi connectivity index (χ1n) is 12.9. The highest BCUT2D eigenvalue weighted by molar-refractivity contribution is 5.88. The van der Waals surface area contributed by atoms with Crippen LogP contribution in [0.15, 0.2) is 53.5 Å². The van der Waals surface area contributed by atoms with E-state index in [1.54, 1.807) is 18.7 Å². The Morgan fingerprint density at radius 2 is 1.58 bits per heavy atom. The molecule has 2 amide bonds. The number of fused-ring (bicyclic) bond motifs is 1. The van der Waals surface area contributed by atoms with E-state index in [4.69, 9.17) is 5.10 Å². The van der Waals surface area contributed by atoms with Crippen LogP contribution in [0.1, 0.15) is 19.4 Å². The molecule has 1 saturated heterocycles. The van der Waals surface area contributed by atoms with Crippen LogP contribution in [0.25, 0.3) is 33.4 Å². The van der Waals surface area contributed by atoms with E-state index in [2.05, 4.69) is 6.07 Å². The zero-order valence-electron chi connectivity index (χ0n) is 21.9. The van der Waals surface area contributed by atoms with Crippen LogP contribution in [-0.2, 0) is 24.4 Å². The number of hydrogen-bond acceptors (Lipinski definition) is 4. The fourth-order valence-corrected chi connectivity index (χ4v) is 5.20. The summed E-state index contributed by atoms with van der Waals surface area (Å²) in [7, 11) is 0. The Bertz CT molecular complexity index is 1570. The molecule has 0 spiro atoms. The number of carbonyl (C=O) groups is 2. The topological polar surface area (TPSA) is 106 Å². The Balaban J connectivity index is 1.53. The number of nitrogens with zero attached hydrogens (tertiary/aromatic N) is 6. The van der Waals surface area contributed by atoms with Crippen molar-refractivity contribution in [2.75, 3.05) is 26.2 Å². The summed E-state index contributed by atoms with van der Waals surface area (Å²) in [5.74, 6) is -0.102. The second kappa shape index (κ2) is 10.2. The van der Waals surface area contributed by atoms with Crippen molar-refractivity contribution in [3.8, 4) is 22.4 Å². The molecule has 1 N–H and O–H groups in total. The summed E-state index contributed by atoms with van der Waals surface area (Å²) in [5.41, 5.74) is 6.34. The Morgan fingerprint density at radius 3 is 2.24 bits per heavy atom. The normalized spacial score (nSPS) is 13.9. The molecule has 1 aliphatic heterocycles. The molecule has 1 fully saturated rings. The number of aryl methyl sites for hydroxylation is 3. The van der Waals surface area contributed by atoms with Crippen LogP contribution in [0.2, 0.25) is 0 Å². The van der Waals surface area contributed by atoms with Crippen LogP contribution in [0, 0.1) is 6.92 Å². The Hall–Kier alpha value is -4.34. The maximum atomic E-state index is 13.1. The van der Waals surface area contributed by atoms with Crippen LogP contribution in [-0.4, -0.2) is 72.0 Å². The molecule has 0 bridgehead atoms. The van der Waals surface area contributed by atoms with E-state index in [1.165, 1.54) is 4.90 Å². The van der Waals surface area contributed by atoms with Gasteiger partial charge in [0, 0.05) is 56.6 Å². The van der Waals surface area contributed by atoms with E-state index in [0.29, 0.717) is 39.3 Å². The van der Waals surface area contributed by atoms with Gasteiger partial charge in [0.1, 0.15) is 12.2 Å². The fourth-order valence-electron chi connectivity index (χ4n) is 5.20. The molecule has 10 nitrogen and oxygen atoms in total. The van der Waals surface area contributed by atoms with E-state index in [-0.39, 0.29) is 18.1 Å². The van der Waals surface area contributed by atoms with Gasteiger partial charge in [0.05, 0.1) is 11.0 Å². The molecule has 10 heteroatoms. The number of amides is 2. The van der Waals surface area contributed by atoms with Gasteiger partial charge in [-0.3, -0.25) is 18.6 Å². The average Bonchev–Trinajstić information content (AvgIpc) is 3.45. The van der Waals surface area contributed by atoms with Gasteiger partial charge in [0.25, 0.3) is 0 Å². The lowest BCUT2D eigenvalue weighted by Crippen LogP contribution is -2.51. The molecular formula is C28H32N6O4. The lowest BCUT2D eigenvalue weighted by Gasteiger charge is -2.33. The maximum absolute atomic E-state index is 13.1. The van der Waals surface area contributed by atoms with Crippen LogP contribution >= 0.6 is 0 Å². The molecule has 0 saturated carbocycles. The summed E-state index contributed by atoms with van der Waals surface area (Å²) < 4.78 is 5.21. The smallest absolute Gasteiger partial charge is 0.407 e. The van der Waals surface area contributed by atoms with Gasteiger partial charge in [-0.2, -0.15) is 5.10 Å². The van der Waals surface area contributed by atoms with Crippen LogP contribution < -0.4 is 5.69 Å². The van der Waals surface area contributed by atoms with Gasteiger partial charge < -0.3 is 14.9 Å². The summed E-state index contributed by atoms with van der Waals surface area (Å²) in [6, 6.07) is 14.1. The first-order chi connectivity index (χ1) is 18.3. The largest absolute Gasteiger partial charge is 0.465 e. The number of carboxylic acid groups (broad SMARTS) is 1. The average molecular weight is 517 g/mol. The van der Waals surface area contributed by atoms with Crippen molar-refractivity contribution in [3.63, 3.8) is 0 Å². The van der Waals surface area contributed by atoms with Crippen molar-refractivity contribution in [3.05, 3.63) is 64.7 Å². The zero-order valence-corrected chi connectivity index (χ0v) is 21.9. The van der Waals surface area contributed by atoms with Crippen LogP contribution in [0.3, 0.4) is 0 Å². The predicted molar refractivity (Wildman–Crippen MR) is 145 cm³/mol. The molecule has 3 heterocycles. The van der Waals surface area contributed by atoms with E-state index in [0.717, 1.165) is 39.0 Å². The van der Waals surface area contributed by atoms with Gasteiger partial charge in [-0.1, -0.05) is 29.8 Å². The minimum absolute atomic E-state index is 0.0228. The summed E-state index contributed by atoms with van der Waals surface area (Å²) in [6.45, 7) is 8.51. The molecule has 4 aromatic rings. The van der Waals surface area contributed by atoms with E-state index >= 15 is 0 Å². The summed E-state index contributed by atoms with van der Waals surface area (Å²) in [5, 5.41) is 14.0. The molecule has 5 rings (SSSR count). The third-order valence-electron chi connectivity index (χ3n) is 7.22. The molecule has 38 heavy (non-hydrogen) atoms. The zero-order chi connectivity index (χ0) is 27.0. The maximum Gasteiger partial charge on any atom is 0.407 e. The molecule has 0 aliphatic carbocycles. The Labute approximate surface area is 220 Å². The van der Waals surface area contributed by atoms with E-state index < -0.39 is 6.09 Å². The third-order valence-corrected chi connectivity index (χ3v) is 7.22. The number of imidazole rings is 1. The van der Waals surface area contributed by atoms with Gasteiger partial charge in [0.15, 0.2) is 0 Å². The van der Waals surface area contributed by atoms with Gasteiger partial charge in [-0.25, -0.2) is 9.59 Å². The first-order valence-corrected chi connectivity index (χ1v) is 12.9. The highest BCUT2D eigenvalue weighted by Gasteiger charge is 2.25. The third kappa shape index (κ3) is 4.57. The molecule has 0 atom stereocenters. The van der Waals surface area contributed by atoms with Gasteiger partial charge in [-0.15, -0.1) is 0 Å². The summed E-state index contributed by atoms with van der Waals surface area (Å²) in [4.78, 5) is 40.2. The number of hydrogen-bond donors (Lipinski definition) is 1. The molecule has 2 aromatic heterocycles. The van der Waals surface area contributed by atoms with Crippen LogP contribution in [0.5, 0.6) is 0 Å². The minimum Gasteiger partial charge on any atom is -0.465 e. The van der Waals surface area contributed by atoms with Crippen molar-refractivity contribution in [1.29, 1.82) is 0 Å². The molecular weight excluding hydrogens is 484 g/mol. The number of rotatable bonds is 6. The number of piperazine rings is 1. The minimum atomic E-state index is -0.962. The number of benzene rings is 2. The van der Waals surface area contributed by atoms with Crippen molar-refractivity contribution in [2.45, 2.75) is 40.4 Å². The quantitative estimate of drug-likeness (QED) is 0.422. The lowest BCUT2D eigenvalue weighted by molar-refractivity contribution is -0.133. The van der Waals surface area contributed by atoms with Crippen molar-refractivity contribution in [2.24, 2.45) is 0 Å². The second-order valence-electron chi connectivity index (χ2n) is 9.58. The van der Waals surface area contributed by atoms with Gasteiger partial charge in [-0.05, 0) is 44.5 Å². The van der Waals surface area contributed by atoms with Crippen molar-refractivity contribution < 1.29 is 14.7 Å². The summed E-state index contributed by atoms with van der Waals surface area (Å²) >= 11 is 0.